The third-order valence-electron chi connectivity index (χ3n) is 4.75. The van der Waals surface area contributed by atoms with Crippen molar-refractivity contribution in [2.45, 2.75) is 38.3 Å². The van der Waals surface area contributed by atoms with Crippen molar-refractivity contribution in [2.24, 2.45) is 0 Å². The Bertz CT molecular complexity index is 647. The third-order valence-corrected chi connectivity index (χ3v) is 4.75. The summed E-state index contributed by atoms with van der Waals surface area (Å²) in [6, 6.07) is 13.8. The molecule has 24 heavy (non-hydrogen) atoms. The van der Waals surface area contributed by atoms with Crippen LogP contribution < -0.4 is 4.74 Å². The fraction of sp³-hybridized carbons (Fsp3) is 0.450. The van der Waals surface area contributed by atoms with E-state index in [4.69, 9.17) is 4.74 Å². The number of likely N-dealkylation sites (tertiary alicyclic amines) is 1. The predicted molar refractivity (Wildman–Crippen MR) is 95.0 cm³/mol. The lowest BCUT2D eigenvalue weighted by atomic mass is 9.96. The molecule has 128 valence electrons. The molecule has 0 amide bonds. The van der Waals surface area contributed by atoms with Gasteiger partial charge in [-0.2, -0.15) is 0 Å². The van der Waals surface area contributed by atoms with Crippen LogP contribution in [0.1, 0.15) is 30.5 Å². The SMILES string of the molecule is Cc1cccnc1CN1CCCC(O)(COc2ccccc2)CC1. The maximum absolute atomic E-state index is 10.9. The van der Waals surface area contributed by atoms with Gasteiger partial charge in [-0.25, -0.2) is 0 Å². The van der Waals surface area contributed by atoms with Crippen LogP contribution in [-0.2, 0) is 6.54 Å². The first-order valence-corrected chi connectivity index (χ1v) is 8.68. The molecular weight excluding hydrogens is 300 g/mol. The molecule has 1 atom stereocenters. The number of benzene rings is 1. The monoisotopic (exact) mass is 326 g/mol. The number of pyridine rings is 1. The average molecular weight is 326 g/mol. The van der Waals surface area contributed by atoms with Crippen LogP contribution in [0.3, 0.4) is 0 Å². The molecule has 1 aromatic heterocycles. The largest absolute Gasteiger partial charge is 0.491 e. The number of aryl methyl sites for hydroxylation is 1. The molecule has 2 aromatic rings. The lowest BCUT2D eigenvalue weighted by Gasteiger charge is -2.27. The topological polar surface area (TPSA) is 45.6 Å². The van der Waals surface area contributed by atoms with Gasteiger partial charge in [0.1, 0.15) is 12.4 Å². The molecule has 1 aliphatic heterocycles. The predicted octanol–water partition coefficient (Wildman–Crippen LogP) is 3.19. The van der Waals surface area contributed by atoms with E-state index in [9.17, 15) is 5.11 Å². The van der Waals surface area contributed by atoms with E-state index in [1.54, 1.807) is 0 Å². The Morgan fingerprint density at radius 2 is 1.96 bits per heavy atom. The lowest BCUT2D eigenvalue weighted by molar-refractivity contribution is -0.0168. The number of nitrogens with zero attached hydrogens (tertiary/aromatic N) is 2. The van der Waals surface area contributed by atoms with Crippen LogP contribution in [0.25, 0.3) is 0 Å². The second kappa shape index (κ2) is 7.77. The highest BCUT2D eigenvalue weighted by Gasteiger charge is 2.31. The van der Waals surface area contributed by atoms with E-state index in [-0.39, 0.29) is 0 Å². The Balaban J connectivity index is 1.55. The first kappa shape index (κ1) is 16.9. The molecule has 4 heteroatoms. The van der Waals surface area contributed by atoms with Crippen LogP contribution in [-0.4, -0.2) is 40.3 Å². The van der Waals surface area contributed by atoms with E-state index >= 15 is 0 Å². The minimum Gasteiger partial charge on any atom is -0.491 e. The van der Waals surface area contributed by atoms with E-state index in [0.29, 0.717) is 6.61 Å². The number of rotatable bonds is 5. The van der Waals surface area contributed by atoms with Gasteiger partial charge in [-0.3, -0.25) is 9.88 Å². The van der Waals surface area contributed by atoms with Crippen LogP contribution in [0.4, 0.5) is 0 Å². The molecule has 3 rings (SSSR count). The van der Waals surface area contributed by atoms with Crippen molar-refractivity contribution >= 4 is 0 Å². The molecule has 0 aliphatic carbocycles. The minimum atomic E-state index is -0.746. The van der Waals surface area contributed by atoms with E-state index in [2.05, 4.69) is 22.9 Å². The number of aromatic nitrogens is 1. The lowest BCUT2D eigenvalue weighted by Crippen LogP contribution is -2.37. The summed E-state index contributed by atoms with van der Waals surface area (Å²) in [4.78, 5) is 6.87. The molecule has 1 fully saturated rings. The molecule has 1 aliphatic rings. The third kappa shape index (κ3) is 4.56. The maximum Gasteiger partial charge on any atom is 0.119 e. The molecule has 1 saturated heterocycles. The van der Waals surface area contributed by atoms with Crippen molar-refractivity contribution in [1.29, 1.82) is 0 Å². The molecule has 1 unspecified atom stereocenters. The van der Waals surface area contributed by atoms with Crippen LogP contribution in [0.15, 0.2) is 48.7 Å². The smallest absolute Gasteiger partial charge is 0.119 e. The van der Waals surface area contributed by atoms with Gasteiger partial charge in [0.25, 0.3) is 0 Å². The van der Waals surface area contributed by atoms with Crippen molar-refractivity contribution in [2.75, 3.05) is 19.7 Å². The van der Waals surface area contributed by atoms with Crippen molar-refractivity contribution in [3.8, 4) is 5.75 Å². The van der Waals surface area contributed by atoms with E-state index in [0.717, 1.165) is 50.3 Å². The zero-order valence-corrected chi connectivity index (χ0v) is 14.3. The van der Waals surface area contributed by atoms with Gasteiger partial charge in [-0.05, 0) is 56.5 Å². The number of ether oxygens (including phenoxy) is 1. The quantitative estimate of drug-likeness (QED) is 0.916. The Morgan fingerprint density at radius 1 is 1.12 bits per heavy atom. The Morgan fingerprint density at radius 3 is 2.75 bits per heavy atom. The molecule has 0 saturated carbocycles. The van der Waals surface area contributed by atoms with Crippen molar-refractivity contribution in [3.63, 3.8) is 0 Å². The highest BCUT2D eigenvalue weighted by atomic mass is 16.5. The molecule has 0 spiro atoms. The summed E-state index contributed by atoms with van der Waals surface area (Å²) in [6.07, 6.45) is 4.33. The fourth-order valence-electron chi connectivity index (χ4n) is 3.17. The average Bonchev–Trinajstić information content (AvgIpc) is 2.79. The van der Waals surface area contributed by atoms with E-state index in [1.807, 2.05) is 42.6 Å². The fourth-order valence-corrected chi connectivity index (χ4v) is 3.17. The maximum atomic E-state index is 10.9. The van der Waals surface area contributed by atoms with Gasteiger partial charge in [0, 0.05) is 19.3 Å². The Labute approximate surface area is 144 Å². The second-order valence-corrected chi connectivity index (χ2v) is 6.72. The Hall–Kier alpha value is -1.91. The van der Waals surface area contributed by atoms with Gasteiger partial charge in [-0.15, -0.1) is 0 Å². The Kier molecular flexibility index (Phi) is 5.48. The summed E-state index contributed by atoms with van der Waals surface area (Å²) >= 11 is 0. The summed E-state index contributed by atoms with van der Waals surface area (Å²) in [7, 11) is 0. The standard InChI is InChI=1S/C20H26N2O2/c1-17-7-5-12-21-19(17)15-22-13-6-10-20(23,11-14-22)16-24-18-8-3-2-4-9-18/h2-5,7-9,12,23H,6,10-11,13-16H2,1H3. The highest BCUT2D eigenvalue weighted by Crippen LogP contribution is 2.25. The van der Waals surface area contributed by atoms with Crippen molar-refractivity contribution < 1.29 is 9.84 Å². The molecular formula is C20H26N2O2. The minimum absolute atomic E-state index is 0.355. The molecule has 2 heterocycles. The summed E-state index contributed by atoms with van der Waals surface area (Å²) in [6.45, 7) is 5.16. The first-order chi connectivity index (χ1) is 11.6. The molecule has 0 bridgehead atoms. The number of hydrogen-bond acceptors (Lipinski definition) is 4. The van der Waals surface area contributed by atoms with Gasteiger partial charge < -0.3 is 9.84 Å². The highest BCUT2D eigenvalue weighted by molar-refractivity contribution is 5.21. The first-order valence-electron chi connectivity index (χ1n) is 8.68. The van der Waals surface area contributed by atoms with Crippen LogP contribution in [0, 0.1) is 6.92 Å². The van der Waals surface area contributed by atoms with E-state index in [1.165, 1.54) is 5.56 Å². The molecule has 4 nitrogen and oxygen atoms in total. The second-order valence-electron chi connectivity index (χ2n) is 6.72. The normalized spacial score (nSPS) is 22.1. The van der Waals surface area contributed by atoms with Crippen molar-refractivity contribution in [1.82, 2.24) is 9.88 Å². The zero-order valence-electron chi connectivity index (χ0n) is 14.3. The summed E-state index contributed by atoms with van der Waals surface area (Å²) in [5.74, 6) is 0.816. The zero-order chi connectivity index (χ0) is 16.8. The summed E-state index contributed by atoms with van der Waals surface area (Å²) < 4.78 is 5.80. The molecule has 0 radical (unpaired) electrons. The summed E-state index contributed by atoms with van der Waals surface area (Å²) in [5.41, 5.74) is 1.61. The summed E-state index contributed by atoms with van der Waals surface area (Å²) in [5, 5.41) is 10.9. The number of hydrogen-bond donors (Lipinski definition) is 1. The van der Waals surface area contributed by atoms with Crippen LogP contribution in [0.2, 0.25) is 0 Å². The van der Waals surface area contributed by atoms with Crippen LogP contribution >= 0.6 is 0 Å². The van der Waals surface area contributed by atoms with Gasteiger partial charge in [-0.1, -0.05) is 24.3 Å². The number of aliphatic hydroxyl groups is 1. The van der Waals surface area contributed by atoms with Crippen molar-refractivity contribution in [3.05, 3.63) is 59.9 Å². The van der Waals surface area contributed by atoms with E-state index < -0.39 is 5.60 Å². The van der Waals surface area contributed by atoms with Crippen LogP contribution in [0.5, 0.6) is 5.75 Å². The van der Waals surface area contributed by atoms with Gasteiger partial charge in [0.2, 0.25) is 0 Å². The van der Waals surface area contributed by atoms with Gasteiger partial charge >= 0.3 is 0 Å². The molecule has 1 aromatic carbocycles. The number of para-hydroxylation sites is 1. The van der Waals surface area contributed by atoms with Gasteiger partial charge in [0.05, 0.1) is 11.3 Å². The molecule has 1 N–H and O–H groups in total. The van der Waals surface area contributed by atoms with Gasteiger partial charge in [0.15, 0.2) is 0 Å².